The van der Waals surface area contributed by atoms with Crippen LogP contribution >= 0.6 is 23.2 Å². The molecule has 0 unspecified atom stereocenters. The Hall–Kier alpha value is -2.03. The first-order chi connectivity index (χ1) is 13.6. The molecular weight excluding hydrogens is 425 g/mol. The number of hydrogen-bond donors (Lipinski definition) is 2. The molecule has 1 saturated carbocycles. The van der Waals surface area contributed by atoms with Crippen LogP contribution in [0.15, 0.2) is 30.5 Å². The number of carbonyl (C=O) groups excluding carboxylic acids is 1. The first kappa shape index (κ1) is 21.7. The lowest BCUT2D eigenvalue weighted by atomic mass is 9.82. The summed E-state index contributed by atoms with van der Waals surface area (Å²) in [7, 11) is 1.74. The molecule has 2 aromatic rings. The van der Waals surface area contributed by atoms with Gasteiger partial charge in [-0.2, -0.15) is 0 Å². The molecule has 2 N–H and O–H groups in total. The van der Waals surface area contributed by atoms with Gasteiger partial charge < -0.3 is 15.3 Å². The van der Waals surface area contributed by atoms with Crippen LogP contribution in [0, 0.1) is 0 Å². The predicted molar refractivity (Wildman–Crippen MR) is 107 cm³/mol. The van der Waals surface area contributed by atoms with E-state index in [0.717, 1.165) is 0 Å². The van der Waals surface area contributed by atoms with E-state index in [2.05, 4.69) is 15.3 Å². The second-order valence-electron chi connectivity index (χ2n) is 7.17. The number of aliphatic hydroxyl groups is 1. The molecule has 1 amide bonds. The second kappa shape index (κ2) is 8.38. The molecule has 1 heterocycles. The third-order valence-electron chi connectivity index (χ3n) is 5.03. The summed E-state index contributed by atoms with van der Waals surface area (Å²) in [4.78, 5) is 22.3. The quantitative estimate of drug-likeness (QED) is 0.674. The van der Waals surface area contributed by atoms with Gasteiger partial charge in [-0.1, -0.05) is 11.6 Å². The molecule has 0 bridgehead atoms. The Labute approximate surface area is 176 Å². The highest BCUT2D eigenvalue weighted by molar-refractivity contribution is 6.34. The van der Waals surface area contributed by atoms with Gasteiger partial charge >= 0.3 is 0 Å². The fourth-order valence-electron chi connectivity index (χ4n) is 3.14. The minimum absolute atomic E-state index is 0.0781. The van der Waals surface area contributed by atoms with E-state index < -0.39 is 30.3 Å². The zero-order chi connectivity index (χ0) is 21.2. The molecule has 3 rings (SSSR count). The molecule has 0 spiro atoms. The highest BCUT2D eigenvalue weighted by Crippen LogP contribution is 2.38. The summed E-state index contributed by atoms with van der Waals surface area (Å²) in [5.74, 6) is -2.74. The third kappa shape index (κ3) is 5.32. The van der Waals surface area contributed by atoms with E-state index in [1.165, 1.54) is 6.20 Å². The van der Waals surface area contributed by atoms with E-state index in [4.69, 9.17) is 23.2 Å². The van der Waals surface area contributed by atoms with Crippen LogP contribution in [-0.4, -0.2) is 46.1 Å². The Morgan fingerprint density at radius 3 is 2.59 bits per heavy atom. The minimum atomic E-state index is -2.76. The average molecular weight is 445 g/mol. The second-order valence-corrected chi connectivity index (χ2v) is 7.92. The number of carbonyl (C=O) groups is 1. The Morgan fingerprint density at radius 2 is 1.93 bits per heavy atom. The summed E-state index contributed by atoms with van der Waals surface area (Å²) >= 11 is 12.0. The van der Waals surface area contributed by atoms with Crippen LogP contribution in [0.5, 0.6) is 0 Å². The van der Waals surface area contributed by atoms with E-state index in [1.807, 2.05) is 0 Å². The van der Waals surface area contributed by atoms with Crippen molar-refractivity contribution in [2.24, 2.45) is 0 Å². The van der Waals surface area contributed by atoms with Crippen molar-refractivity contribution >= 4 is 40.6 Å². The number of halogens is 4. The van der Waals surface area contributed by atoms with Crippen molar-refractivity contribution in [3.8, 4) is 0 Å². The summed E-state index contributed by atoms with van der Waals surface area (Å²) in [6.07, 6.45) is 0.555. The van der Waals surface area contributed by atoms with E-state index in [9.17, 15) is 18.7 Å². The van der Waals surface area contributed by atoms with Crippen molar-refractivity contribution < 1.29 is 18.7 Å². The summed E-state index contributed by atoms with van der Waals surface area (Å²) in [5.41, 5.74) is -0.526. The van der Waals surface area contributed by atoms with Gasteiger partial charge in [0.15, 0.2) is 0 Å². The van der Waals surface area contributed by atoms with Gasteiger partial charge in [0.05, 0.1) is 16.2 Å². The number of amides is 1. The lowest BCUT2D eigenvalue weighted by Crippen LogP contribution is -2.47. The van der Waals surface area contributed by atoms with Gasteiger partial charge in [0.2, 0.25) is 11.2 Å². The lowest BCUT2D eigenvalue weighted by Gasteiger charge is -2.35. The minimum Gasteiger partial charge on any atom is -0.388 e. The lowest BCUT2D eigenvalue weighted by molar-refractivity contribution is -0.101. The third-order valence-corrected chi connectivity index (χ3v) is 5.54. The van der Waals surface area contributed by atoms with Crippen molar-refractivity contribution in [3.63, 3.8) is 0 Å². The largest absolute Gasteiger partial charge is 0.388 e. The maximum atomic E-state index is 13.3. The van der Waals surface area contributed by atoms with Gasteiger partial charge in [-0.3, -0.25) is 4.79 Å². The van der Waals surface area contributed by atoms with Gasteiger partial charge in [-0.05, 0) is 48.7 Å². The Morgan fingerprint density at radius 1 is 1.24 bits per heavy atom. The van der Waals surface area contributed by atoms with Crippen molar-refractivity contribution in [2.45, 2.75) is 37.2 Å². The molecule has 1 aliphatic rings. The summed E-state index contributed by atoms with van der Waals surface area (Å²) in [5, 5.41) is 13.4. The first-order valence-corrected chi connectivity index (χ1v) is 9.74. The highest BCUT2D eigenvalue weighted by Gasteiger charge is 2.42. The first-order valence-electron chi connectivity index (χ1n) is 8.99. The van der Waals surface area contributed by atoms with Gasteiger partial charge in [0.25, 0.3) is 5.91 Å². The molecule has 0 atom stereocenters. The fourth-order valence-corrected chi connectivity index (χ4v) is 3.49. The molecule has 0 aliphatic heterocycles. The number of anilines is 2. The van der Waals surface area contributed by atoms with Crippen LogP contribution < -0.4 is 10.2 Å². The van der Waals surface area contributed by atoms with Gasteiger partial charge in [-0.15, -0.1) is 0 Å². The number of benzene rings is 1. The van der Waals surface area contributed by atoms with Crippen molar-refractivity contribution in [1.82, 2.24) is 15.3 Å². The number of aromatic nitrogens is 2. The van der Waals surface area contributed by atoms with Gasteiger partial charge in [0, 0.05) is 38.3 Å². The molecule has 1 fully saturated rings. The van der Waals surface area contributed by atoms with Crippen LogP contribution in [0.2, 0.25) is 10.3 Å². The van der Waals surface area contributed by atoms with Crippen molar-refractivity contribution in [3.05, 3.63) is 46.3 Å². The Balaban J connectivity index is 1.71. The van der Waals surface area contributed by atoms with Crippen LogP contribution in [-0.2, 0) is 0 Å². The summed E-state index contributed by atoms with van der Waals surface area (Å²) in [6, 6.07) is 6.52. The van der Waals surface area contributed by atoms with Gasteiger partial charge in [0.1, 0.15) is 5.82 Å². The average Bonchev–Trinajstić information content (AvgIpc) is 2.69. The predicted octanol–water partition coefficient (Wildman–Crippen LogP) is 4.22. The van der Waals surface area contributed by atoms with Crippen LogP contribution in [0.3, 0.4) is 0 Å². The molecule has 10 heteroatoms. The zero-order valence-electron chi connectivity index (χ0n) is 15.6. The summed E-state index contributed by atoms with van der Waals surface area (Å²) < 4.78 is 26.6. The molecule has 1 aliphatic carbocycles. The van der Waals surface area contributed by atoms with Crippen LogP contribution in [0.4, 0.5) is 20.3 Å². The number of nitrogens with zero attached hydrogens (tertiary/aromatic N) is 3. The topological polar surface area (TPSA) is 78.4 Å². The monoisotopic (exact) mass is 444 g/mol. The van der Waals surface area contributed by atoms with E-state index in [0.29, 0.717) is 11.5 Å². The van der Waals surface area contributed by atoms with Crippen molar-refractivity contribution in [1.29, 1.82) is 0 Å². The molecule has 6 nitrogen and oxygen atoms in total. The highest BCUT2D eigenvalue weighted by atomic mass is 35.5. The molecule has 1 aromatic carbocycles. The molecule has 0 saturated heterocycles. The van der Waals surface area contributed by atoms with E-state index in [1.54, 1.807) is 36.2 Å². The van der Waals surface area contributed by atoms with Crippen molar-refractivity contribution in [2.75, 3.05) is 18.5 Å². The van der Waals surface area contributed by atoms with E-state index in [-0.39, 0.29) is 35.3 Å². The van der Waals surface area contributed by atoms with Crippen LogP contribution in [0.1, 0.15) is 36.0 Å². The SMILES string of the molecule is CN(c1ccc(Cl)c(C(=O)NCC2(O)CCC(F)(F)CC2)c1)c1ccnc(Cl)n1. The number of rotatable bonds is 5. The Kier molecular flexibility index (Phi) is 6.26. The number of alkyl halides is 2. The molecular formula is C19H20Cl2F2N4O2. The van der Waals surface area contributed by atoms with Gasteiger partial charge in [-0.25, -0.2) is 18.7 Å². The molecule has 0 radical (unpaired) electrons. The molecule has 156 valence electrons. The molecule has 29 heavy (non-hydrogen) atoms. The Bertz CT molecular complexity index is 904. The fraction of sp³-hybridized carbons (Fsp3) is 0.421. The normalized spacial score (nSPS) is 17.6. The number of hydrogen-bond acceptors (Lipinski definition) is 5. The maximum absolute atomic E-state index is 13.3. The smallest absolute Gasteiger partial charge is 0.252 e. The maximum Gasteiger partial charge on any atom is 0.252 e. The van der Waals surface area contributed by atoms with Crippen LogP contribution in [0.25, 0.3) is 0 Å². The zero-order valence-corrected chi connectivity index (χ0v) is 17.1. The summed E-state index contributed by atoms with van der Waals surface area (Å²) in [6.45, 7) is -0.125. The standard InChI is InChI=1S/C19H20Cl2F2N4O2/c1-27(15-4-9-24-17(21)26-15)12-2-3-14(20)13(10-12)16(28)25-11-18(29)5-7-19(22,23)8-6-18/h2-4,9-10,29H,5-8,11H2,1H3,(H,25,28). The molecule has 1 aromatic heterocycles. The number of nitrogens with one attached hydrogen (secondary N) is 1. The van der Waals surface area contributed by atoms with E-state index >= 15 is 0 Å².